The molecule has 2 nitrogen and oxygen atoms in total. The van der Waals surface area contributed by atoms with Gasteiger partial charge >= 0.3 is 0 Å². The first kappa shape index (κ1) is 20.9. The fourth-order valence-corrected chi connectivity index (χ4v) is 8.98. The van der Waals surface area contributed by atoms with E-state index in [1.165, 1.54) is 44.9 Å². The average Bonchev–Trinajstić information content (AvgIpc) is 3.03. The molecule has 9 unspecified atom stereocenters. The van der Waals surface area contributed by atoms with Crippen LogP contribution in [0, 0.1) is 46.3 Å². The van der Waals surface area contributed by atoms with Crippen molar-refractivity contribution in [1.29, 1.82) is 0 Å². The zero-order valence-corrected chi connectivity index (χ0v) is 18.9. The van der Waals surface area contributed by atoms with Crippen LogP contribution in [0.5, 0.6) is 0 Å². The summed E-state index contributed by atoms with van der Waals surface area (Å²) >= 11 is 0. The normalized spacial score (nSPS) is 49.0. The maximum atomic E-state index is 11.9. The van der Waals surface area contributed by atoms with Crippen LogP contribution in [0.4, 0.5) is 0 Å². The fourth-order valence-electron chi connectivity index (χ4n) is 8.98. The highest BCUT2D eigenvalue weighted by atomic mass is 16.3. The third kappa shape index (κ3) is 3.30. The molecule has 0 bridgehead atoms. The van der Waals surface area contributed by atoms with Gasteiger partial charge < -0.3 is 5.11 Å². The van der Waals surface area contributed by atoms with E-state index in [4.69, 9.17) is 0 Å². The van der Waals surface area contributed by atoms with E-state index in [9.17, 15) is 9.90 Å². The van der Waals surface area contributed by atoms with Crippen LogP contribution in [0.2, 0.25) is 0 Å². The van der Waals surface area contributed by atoms with E-state index in [1.807, 2.05) is 6.92 Å². The van der Waals surface area contributed by atoms with E-state index in [0.717, 1.165) is 55.3 Å². The monoisotopic (exact) mass is 388 g/mol. The number of hydrogen-bond acceptors (Lipinski definition) is 2. The van der Waals surface area contributed by atoms with E-state index in [2.05, 4.69) is 20.8 Å². The quantitative estimate of drug-likeness (QED) is 0.591. The van der Waals surface area contributed by atoms with Gasteiger partial charge in [-0.25, -0.2) is 0 Å². The van der Waals surface area contributed by atoms with Gasteiger partial charge in [0.25, 0.3) is 0 Å². The minimum absolute atomic E-state index is 0.0361. The third-order valence-corrected chi connectivity index (χ3v) is 10.7. The molecular weight excluding hydrogens is 344 g/mol. The largest absolute Gasteiger partial charge is 0.393 e. The second kappa shape index (κ2) is 7.71. The van der Waals surface area contributed by atoms with Crippen molar-refractivity contribution in [3.63, 3.8) is 0 Å². The number of rotatable bonds is 5. The van der Waals surface area contributed by atoms with Crippen molar-refractivity contribution >= 4 is 5.78 Å². The lowest BCUT2D eigenvalue weighted by Crippen LogP contribution is -2.54. The van der Waals surface area contributed by atoms with Crippen LogP contribution in [0.15, 0.2) is 0 Å². The Morgan fingerprint density at radius 2 is 1.71 bits per heavy atom. The van der Waals surface area contributed by atoms with Crippen molar-refractivity contribution in [2.24, 2.45) is 46.3 Å². The number of carbonyl (C=O) groups is 1. The highest BCUT2D eigenvalue weighted by Gasteiger charge is 2.60. The molecule has 160 valence electrons. The highest BCUT2D eigenvalue weighted by molar-refractivity contribution is 5.77. The van der Waals surface area contributed by atoms with Gasteiger partial charge in [-0.15, -0.1) is 0 Å². The standard InChI is InChI=1S/C26H44O2/c1-5-19(27)8-6-17(2)22-10-11-23-21-9-7-18-16-20(28)12-14-25(18,3)24(21)13-15-26(22,23)4/h17-18,20-24,28H,5-16H2,1-4H3. The molecule has 0 saturated heterocycles. The Labute approximate surface area is 173 Å². The molecule has 1 N–H and O–H groups in total. The predicted molar refractivity (Wildman–Crippen MR) is 115 cm³/mol. The minimum atomic E-state index is -0.0361. The topological polar surface area (TPSA) is 37.3 Å². The maximum absolute atomic E-state index is 11.9. The van der Waals surface area contributed by atoms with Crippen molar-refractivity contribution in [2.75, 3.05) is 0 Å². The van der Waals surface area contributed by atoms with Gasteiger partial charge in [0.1, 0.15) is 5.78 Å². The van der Waals surface area contributed by atoms with Gasteiger partial charge in [0.05, 0.1) is 6.10 Å². The first-order chi connectivity index (χ1) is 13.3. The number of aliphatic hydroxyl groups is 1. The van der Waals surface area contributed by atoms with E-state index >= 15 is 0 Å². The minimum Gasteiger partial charge on any atom is -0.393 e. The van der Waals surface area contributed by atoms with Gasteiger partial charge in [0.2, 0.25) is 0 Å². The number of ketones is 1. The first-order valence-corrected chi connectivity index (χ1v) is 12.5. The Morgan fingerprint density at radius 1 is 1.00 bits per heavy atom. The highest BCUT2D eigenvalue weighted by Crippen LogP contribution is 2.68. The molecule has 4 fully saturated rings. The number of Topliss-reactive ketones (excluding diaryl/α,β-unsaturated/α-hetero) is 1. The van der Waals surface area contributed by atoms with Gasteiger partial charge in [-0.2, -0.15) is 0 Å². The predicted octanol–water partition coefficient (Wildman–Crippen LogP) is 6.40. The molecule has 0 spiro atoms. The number of hydrogen-bond donors (Lipinski definition) is 1. The molecule has 0 aromatic carbocycles. The summed E-state index contributed by atoms with van der Waals surface area (Å²) in [4.78, 5) is 11.9. The van der Waals surface area contributed by atoms with Crippen molar-refractivity contribution < 1.29 is 9.90 Å². The smallest absolute Gasteiger partial charge is 0.132 e. The molecule has 0 heterocycles. The number of carbonyl (C=O) groups excluding carboxylic acids is 1. The average molecular weight is 389 g/mol. The van der Waals surface area contributed by atoms with Crippen LogP contribution in [-0.2, 0) is 4.79 Å². The molecule has 0 aliphatic heterocycles. The van der Waals surface area contributed by atoms with Crippen LogP contribution in [0.3, 0.4) is 0 Å². The lowest BCUT2D eigenvalue weighted by Gasteiger charge is -2.61. The lowest BCUT2D eigenvalue weighted by molar-refractivity contribution is -0.129. The van der Waals surface area contributed by atoms with Crippen LogP contribution in [-0.4, -0.2) is 17.0 Å². The Hall–Kier alpha value is -0.370. The van der Waals surface area contributed by atoms with Crippen molar-refractivity contribution in [2.45, 2.75) is 111 Å². The van der Waals surface area contributed by atoms with E-state index in [-0.39, 0.29) is 6.10 Å². The van der Waals surface area contributed by atoms with Gasteiger partial charge in [-0.3, -0.25) is 4.79 Å². The van der Waals surface area contributed by atoms with Crippen LogP contribution < -0.4 is 0 Å². The number of aliphatic hydroxyl groups excluding tert-OH is 1. The summed E-state index contributed by atoms with van der Waals surface area (Å²) in [7, 11) is 0. The molecule has 0 amide bonds. The molecule has 28 heavy (non-hydrogen) atoms. The van der Waals surface area contributed by atoms with E-state index in [0.29, 0.717) is 29.0 Å². The molecule has 0 aromatic rings. The Bertz CT molecular complexity index is 585. The van der Waals surface area contributed by atoms with Crippen molar-refractivity contribution in [3.8, 4) is 0 Å². The summed E-state index contributed by atoms with van der Waals surface area (Å²) in [5.41, 5.74) is 0.994. The Morgan fingerprint density at radius 3 is 2.46 bits per heavy atom. The zero-order chi connectivity index (χ0) is 20.1. The van der Waals surface area contributed by atoms with Gasteiger partial charge in [0, 0.05) is 12.8 Å². The summed E-state index contributed by atoms with van der Waals surface area (Å²) < 4.78 is 0. The summed E-state index contributed by atoms with van der Waals surface area (Å²) in [6.45, 7) is 9.66. The molecule has 0 aromatic heterocycles. The fraction of sp³-hybridized carbons (Fsp3) is 0.962. The van der Waals surface area contributed by atoms with Gasteiger partial charge in [0.15, 0.2) is 0 Å². The van der Waals surface area contributed by atoms with Gasteiger partial charge in [-0.05, 0) is 111 Å². The maximum Gasteiger partial charge on any atom is 0.132 e. The lowest BCUT2D eigenvalue weighted by atomic mass is 9.44. The summed E-state index contributed by atoms with van der Waals surface area (Å²) in [6.07, 6.45) is 14.3. The second-order valence-electron chi connectivity index (χ2n) is 11.7. The van der Waals surface area contributed by atoms with Gasteiger partial charge in [-0.1, -0.05) is 27.7 Å². The summed E-state index contributed by atoms with van der Waals surface area (Å²) in [5.74, 6) is 5.45. The molecule has 0 radical (unpaired) electrons. The summed E-state index contributed by atoms with van der Waals surface area (Å²) in [5, 5.41) is 10.2. The van der Waals surface area contributed by atoms with Crippen LogP contribution >= 0.6 is 0 Å². The SMILES string of the molecule is CCC(=O)CCC(C)C1CCC2C3CCC4CC(O)CCC4(C)C3CCC12C. The molecule has 4 aliphatic carbocycles. The second-order valence-corrected chi connectivity index (χ2v) is 11.7. The third-order valence-electron chi connectivity index (χ3n) is 10.7. The van der Waals surface area contributed by atoms with Crippen LogP contribution in [0.25, 0.3) is 0 Å². The molecule has 2 heteroatoms. The van der Waals surface area contributed by atoms with E-state index in [1.54, 1.807) is 0 Å². The summed E-state index contributed by atoms with van der Waals surface area (Å²) in [6, 6.07) is 0. The Kier molecular flexibility index (Phi) is 5.75. The molecule has 4 aliphatic rings. The molecule has 4 saturated carbocycles. The molecule has 4 rings (SSSR count). The zero-order valence-electron chi connectivity index (χ0n) is 18.9. The molecule has 9 atom stereocenters. The van der Waals surface area contributed by atoms with Crippen molar-refractivity contribution in [1.82, 2.24) is 0 Å². The van der Waals surface area contributed by atoms with Crippen LogP contribution in [0.1, 0.15) is 105 Å². The Balaban J connectivity index is 1.48. The van der Waals surface area contributed by atoms with E-state index < -0.39 is 0 Å². The van der Waals surface area contributed by atoms with Crippen molar-refractivity contribution in [3.05, 3.63) is 0 Å². The molecular formula is C26H44O2. The number of fused-ring (bicyclic) bond motifs is 5. The first-order valence-electron chi connectivity index (χ1n) is 12.5.